The highest BCUT2D eigenvalue weighted by Gasteiger charge is 2.48. The topological polar surface area (TPSA) is 86.1 Å². The van der Waals surface area contributed by atoms with Gasteiger partial charge in [-0.15, -0.1) is 0 Å². The van der Waals surface area contributed by atoms with Crippen molar-refractivity contribution in [3.05, 3.63) is 94.6 Å². The number of hydrogen-bond acceptors (Lipinski definition) is 4. The van der Waals surface area contributed by atoms with Crippen LogP contribution in [0.25, 0.3) is 0 Å². The van der Waals surface area contributed by atoms with Crippen LogP contribution in [0.3, 0.4) is 0 Å². The van der Waals surface area contributed by atoms with Gasteiger partial charge in [0.1, 0.15) is 24.1 Å². The maximum Gasteiger partial charge on any atom is 0.433 e. The first-order valence-electron chi connectivity index (χ1n) is 10.8. The zero-order chi connectivity index (χ0) is 27.8. The van der Waals surface area contributed by atoms with E-state index in [1.165, 1.54) is 24.3 Å². The highest BCUT2D eigenvalue weighted by atomic mass is 19.4. The third-order valence-corrected chi connectivity index (χ3v) is 5.84. The number of carbonyl (C=O) groups excluding carboxylic acids is 2. The van der Waals surface area contributed by atoms with Gasteiger partial charge >= 0.3 is 12.4 Å². The van der Waals surface area contributed by atoms with Crippen molar-refractivity contribution >= 4 is 17.5 Å². The van der Waals surface area contributed by atoms with E-state index in [1.807, 2.05) is 0 Å². The van der Waals surface area contributed by atoms with E-state index in [2.05, 4.69) is 10.3 Å². The Balaban J connectivity index is 1.86. The average Bonchev–Trinajstić information content (AvgIpc) is 2.85. The van der Waals surface area contributed by atoms with Crippen molar-refractivity contribution < 1.29 is 40.3 Å². The molecule has 1 aliphatic heterocycles. The molecule has 1 aromatic heterocycles. The van der Waals surface area contributed by atoms with Crippen LogP contribution in [0.15, 0.2) is 60.8 Å². The van der Waals surface area contributed by atoms with Crippen LogP contribution in [-0.2, 0) is 11.0 Å². The van der Waals surface area contributed by atoms with E-state index < -0.39 is 59.7 Å². The number of aromatic nitrogens is 1. The molecule has 0 aliphatic carbocycles. The smallest absolute Gasteiger partial charge is 0.325 e. The van der Waals surface area contributed by atoms with E-state index in [0.29, 0.717) is 17.2 Å². The first kappa shape index (κ1) is 26.6. The number of benzene rings is 2. The maximum atomic E-state index is 13.7. The molecule has 2 aromatic carbocycles. The first-order chi connectivity index (χ1) is 17.8. The van der Waals surface area contributed by atoms with Crippen molar-refractivity contribution in [1.82, 2.24) is 9.88 Å². The zero-order valence-corrected chi connectivity index (χ0v) is 18.9. The number of nitriles is 1. The van der Waals surface area contributed by atoms with Crippen molar-refractivity contribution in [2.75, 3.05) is 11.9 Å². The second-order valence-corrected chi connectivity index (χ2v) is 8.33. The van der Waals surface area contributed by atoms with Gasteiger partial charge in [0, 0.05) is 17.4 Å². The van der Waals surface area contributed by atoms with Gasteiger partial charge in [0.15, 0.2) is 0 Å². The molecule has 0 saturated heterocycles. The molecule has 1 aliphatic rings. The van der Waals surface area contributed by atoms with Gasteiger partial charge in [0.05, 0.1) is 17.5 Å². The predicted molar refractivity (Wildman–Crippen MR) is 118 cm³/mol. The third-order valence-electron chi connectivity index (χ3n) is 5.84. The summed E-state index contributed by atoms with van der Waals surface area (Å²) < 4.78 is 93.7. The van der Waals surface area contributed by atoms with Crippen LogP contribution in [-0.4, -0.2) is 34.4 Å². The molecule has 2 heterocycles. The van der Waals surface area contributed by atoms with Crippen LogP contribution in [0.1, 0.15) is 44.7 Å². The van der Waals surface area contributed by atoms with Crippen molar-refractivity contribution in [2.24, 2.45) is 0 Å². The molecule has 0 saturated carbocycles. The van der Waals surface area contributed by atoms with E-state index in [1.54, 1.807) is 6.07 Å². The fourth-order valence-corrected chi connectivity index (χ4v) is 4.27. The average molecular weight is 536 g/mol. The van der Waals surface area contributed by atoms with Crippen LogP contribution in [0.4, 0.5) is 36.4 Å². The molecule has 4 rings (SSSR count). The van der Waals surface area contributed by atoms with Gasteiger partial charge in [0.25, 0.3) is 5.91 Å². The molecule has 13 heteroatoms. The molecule has 2 amide bonds. The number of anilines is 1. The van der Waals surface area contributed by atoms with Crippen molar-refractivity contribution in [1.29, 1.82) is 5.26 Å². The number of nitrogens with one attached hydrogen (secondary N) is 1. The molecule has 0 radical (unpaired) electrons. The van der Waals surface area contributed by atoms with E-state index in [9.17, 15) is 40.3 Å². The summed E-state index contributed by atoms with van der Waals surface area (Å²) in [7, 11) is 0. The monoisotopic (exact) mass is 536 g/mol. The highest BCUT2D eigenvalue weighted by Crippen LogP contribution is 2.44. The summed E-state index contributed by atoms with van der Waals surface area (Å²) in [6.07, 6.45) is -9.08. The molecule has 2 atom stereocenters. The fourth-order valence-electron chi connectivity index (χ4n) is 4.27. The second-order valence-electron chi connectivity index (χ2n) is 8.33. The van der Waals surface area contributed by atoms with Gasteiger partial charge in [-0.1, -0.05) is 24.3 Å². The molecule has 0 spiro atoms. The number of rotatable bonds is 4. The Bertz CT molecular complexity index is 1430. The normalized spacial score (nSPS) is 17.5. The largest absolute Gasteiger partial charge is 0.433 e. The maximum absolute atomic E-state index is 13.7. The molecule has 0 unspecified atom stereocenters. The van der Waals surface area contributed by atoms with Crippen LogP contribution >= 0.6 is 0 Å². The van der Waals surface area contributed by atoms with E-state index in [4.69, 9.17) is 5.26 Å². The van der Waals surface area contributed by atoms with Crippen LogP contribution < -0.4 is 5.32 Å². The Morgan fingerprint density at radius 1 is 1.05 bits per heavy atom. The Morgan fingerprint density at radius 2 is 1.76 bits per heavy atom. The minimum Gasteiger partial charge on any atom is -0.325 e. The number of nitrogens with zero attached hydrogens (tertiary/aromatic N) is 3. The van der Waals surface area contributed by atoms with E-state index >= 15 is 0 Å². The van der Waals surface area contributed by atoms with Crippen LogP contribution in [0, 0.1) is 17.1 Å². The molecule has 38 heavy (non-hydrogen) atoms. The Labute approximate surface area is 210 Å². The van der Waals surface area contributed by atoms with Gasteiger partial charge in [-0.3, -0.25) is 14.6 Å². The standard InChI is InChI=1S/C25H15F7N4O2/c26-18-7-6-15(9-14(18)10-33)35-22(37)20-16-3-1-2-4-17(16)23(38)36(12-24(27,28)29)21(20)13-5-8-19(34-11-13)25(30,31)32/h1-9,11,20-21H,12H2,(H,35,37)/t20-,21+/m0/s1. The zero-order valence-electron chi connectivity index (χ0n) is 18.9. The van der Waals surface area contributed by atoms with Gasteiger partial charge in [-0.2, -0.15) is 31.6 Å². The molecule has 0 bridgehead atoms. The van der Waals surface area contributed by atoms with Crippen molar-refractivity contribution in [2.45, 2.75) is 24.3 Å². The second kappa shape index (κ2) is 9.77. The molecular formula is C25H15F7N4O2. The number of carbonyl (C=O) groups is 2. The van der Waals surface area contributed by atoms with E-state index in [-0.39, 0.29) is 22.4 Å². The number of hydrogen-bond donors (Lipinski definition) is 1. The Kier molecular flexibility index (Phi) is 6.84. The minimum absolute atomic E-state index is 0.0286. The number of alkyl halides is 6. The van der Waals surface area contributed by atoms with Gasteiger partial charge in [-0.05, 0) is 41.5 Å². The van der Waals surface area contributed by atoms with Gasteiger partial charge in [-0.25, -0.2) is 4.39 Å². The Morgan fingerprint density at radius 3 is 2.37 bits per heavy atom. The summed E-state index contributed by atoms with van der Waals surface area (Å²) in [6, 6.07) is 9.72. The lowest BCUT2D eigenvalue weighted by Gasteiger charge is -2.41. The fraction of sp³-hybridized carbons (Fsp3) is 0.200. The number of halogens is 7. The quantitative estimate of drug-likeness (QED) is 0.441. The summed E-state index contributed by atoms with van der Waals surface area (Å²) in [5.74, 6) is -4.44. The van der Waals surface area contributed by atoms with Crippen LogP contribution in [0.2, 0.25) is 0 Å². The number of amides is 2. The summed E-state index contributed by atoms with van der Waals surface area (Å²) in [5, 5.41) is 11.5. The lowest BCUT2D eigenvalue weighted by atomic mass is 9.79. The van der Waals surface area contributed by atoms with Crippen molar-refractivity contribution in [3.63, 3.8) is 0 Å². The van der Waals surface area contributed by atoms with Gasteiger partial charge in [0.2, 0.25) is 5.91 Å². The summed E-state index contributed by atoms with van der Waals surface area (Å²) in [6.45, 7) is -1.80. The third kappa shape index (κ3) is 5.29. The molecule has 3 aromatic rings. The molecule has 196 valence electrons. The highest BCUT2D eigenvalue weighted by molar-refractivity contribution is 6.04. The van der Waals surface area contributed by atoms with E-state index in [0.717, 1.165) is 24.3 Å². The number of fused-ring (bicyclic) bond motifs is 1. The summed E-state index contributed by atoms with van der Waals surface area (Å²) >= 11 is 0. The number of pyridine rings is 1. The van der Waals surface area contributed by atoms with Gasteiger partial charge < -0.3 is 10.2 Å². The molecule has 6 nitrogen and oxygen atoms in total. The minimum atomic E-state index is -4.92. The SMILES string of the molecule is N#Cc1cc(NC(=O)[C@H]2c3ccccc3C(=O)N(CC(F)(F)F)[C@@H]2c2ccc(C(F)(F)F)nc2)ccc1F. The Hall–Kier alpha value is -4.47. The lowest BCUT2D eigenvalue weighted by molar-refractivity contribution is -0.148. The van der Waals surface area contributed by atoms with Crippen molar-refractivity contribution in [3.8, 4) is 6.07 Å². The summed E-state index contributed by atoms with van der Waals surface area (Å²) in [5.41, 5.74) is -2.21. The lowest BCUT2D eigenvalue weighted by Crippen LogP contribution is -2.49. The molecule has 1 N–H and O–H groups in total. The predicted octanol–water partition coefficient (Wildman–Crippen LogP) is 5.59. The first-order valence-corrected chi connectivity index (χ1v) is 10.8. The molecular weight excluding hydrogens is 521 g/mol. The molecule has 0 fully saturated rings. The summed E-state index contributed by atoms with van der Waals surface area (Å²) in [4.78, 5) is 30.4. The van der Waals surface area contributed by atoms with Crippen LogP contribution in [0.5, 0.6) is 0 Å².